The van der Waals surface area contributed by atoms with Crippen LogP contribution >= 0.6 is 0 Å². The molecule has 1 heterocycles. The summed E-state index contributed by atoms with van der Waals surface area (Å²) in [7, 11) is 0. The van der Waals surface area contributed by atoms with E-state index in [0.29, 0.717) is 22.5 Å². The highest BCUT2D eigenvalue weighted by atomic mass is 16.5. The highest BCUT2D eigenvalue weighted by Crippen LogP contribution is 2.20. The second-order valence-corrected chi connectivity index (χ2v) is 6.71. The molecule has 9 nitrogen and oxygen atoms in total. The number of nitrogens with one attached hydrogen (secondary N) is 1. The van der Waals surface area contributed by atoms with Crippen molar-refractivity contribution in [3.8, 4) is 0 Å². The average Bonchev–Trinajstić information content (AvgIpc) is 3.13. The van der Waals surface area contributed by atoms with Crippen molar-refractivity contribution in [1.29, 1.82) is 0 Å². The van der Waals surface area contributed by atoms with Gasteiger partial charge in [0.2, 0.25) is 0 Å². The number of hydrogen-bond acceptors (Lipinski definition) is 7. The molecule has 0 fully saturated rings. The molecular weight excluding hydrogens is 412 g/mol. The van der Waals surface area contributed by atoms with Crippen molar-refractivity contribution in [2.24, 2.45) is 10.2 Å². The first kappa shape index (κ1) is 20.7. The predicted molar refractivity (Wildman–Crippen MR) is 117 cm³/mol. The Balaban J connectivity index is 1.28. The fraction of sp³-hybridized carbons (Fsp3) is 0.0870. The van der Waals surface area contributed by atoms with Crippen LogP contribution in [-0.4, -0.2) is 23.1 Å². The number of para-hydroxylation sites is 2. The second kappa shape index (κ2) is 9.52. The molecule has 0 saturated carbocycles. The lowest BCUT2D eigenvalue weighted by Crippen LogP contribution is -2.25. The standard InChI is InChI=1S/C23H18N4O5/c28-21(15-31-22(29)14-27-19-8-4-5-9-20(19)32-23(27)30)24-16-10-12-18(13-11-16)26-25-17-6-2-1-3-7-17/h1-13H,14-15H2,(H,24,28). The Morgan fingerprint density at radius 3 is 2.28 bits per heavy atom. The van der Waals surface area contributed by atoms with Gasteiger partial charge in [0.25, 0.3) is 5.91 Å². The summed E-state index contributed by atoms with van der Waals surface area (Å²) in [5.74, 6) is -1.91. The number of anilines is 1. The Morgan fingerprint density at radius 2 is 1.53 bits per heavy atom. The molecule has 4 aromatic rings. The Morgan fingerprint density at radius 1 is 0.875 bits per heavy atom. The first-order chi connectivity index (χ1) is 15.6. The highest BCUT2D eigenvalue weighted by molar-refractivity contribution is 5.93. The van der Waals surface area contributed by atoms with Gasteiger partial charge in [0, 0.05) is 5.69 Å². The summed E-state index contributed by atoms with van der Waals surface area (Å²) in [6.45, 7) is -0.844. The summed E-state index contributed by atoms with van der Waals surface area (Å²) >= 11 is 0. The van der Waals surface area contributed by atoms with Crippen molar-refractivity contribution in [2.75, 3.05) is 11.9 Å². The van der Waals surface area contributed by atoms with Gasteiger partial charge in [-0.05, 0) is 48.5 Å². The van der Waals surface area contributed by atoms with Crippen molar-refractivity contribution >= 4 is 40.0 Å². The summed E-state index contributed by atoms with van der Waals surface area (Å²) < 4.78 is 11.2. The van der Waals surface area contributed by atoms with Crippen molar-refractivity contribution in [3.63, 3.8) is 0 Å². The molecule has 0 atom stereocenters. The van der Waals surface area contributed by atoms with E-state index in [-0.39, 0.29) is 6.54 Å². The van der Waals surface area contributed by atoms with Gasteiger partial charge in [-0.15, -0.1) is 0 Å². The highest BCUT2D eigenvalue weighted by Gasteiger charge is 2.14. The number of hydrogen-bond donors (Lipinski definition) is 1. The van der Waals surface area contributed by atoms with E-state index in [4.69, 9.17) is 9.15 Å². The Kier molecular flexibility index (Phi) is 6.17. The molecule has 3 aromatic carbocycles. The lowest BCUT2D eigenvalue weighted by Gasteiger charge is -2.07. The van der Waals surface area contributed by atoms with Crippen LogP contribution in [0, 0.1) is 0 Å². The maximum atomic E-state index is 12.1. The summed E-state index contributed by atoms with van der Waals surface area (Å²) in [6, 6.07) is 22.8. The van der Waals surface area contributed by atoms with Gasteiger partial charge in [-0.3, -0.25) is 14.2 Å². The number of nitrogens with zero attached hydrogens (tertiary/aromatic N) is 3. The van der Waals surface area contributed by atoms with Crippen LogP contribution in [0.25, 0.3) is 11.1 Å². The minimum Gasteiger partial charge on any atom is -0.454 e. The van der Waals surface area contributed by atoms with Gasteiger partial charge in [0.1, 0.15) is 6.54 Å². The third kappa shape index (κ3) is 5.14. The van der Waals surface area contributed by atoms with Crippen LogP contribution in [0.3, 0.4) is 0 Å². The molecule has 0 saturated heterocycles. The fourth-order valence-electron chi connectivity index (χ4n) is 2.90. The van der Waals surface area contributed by atoms with E-state index in [0.717, 1.165) is 10.3 Å². The molecule has 0 aliphatic heterocycles. The topological polar surface area (TPSA) is 115 Å². The lowest BCUT2D eigenvalue weighted by atomic mass is 10.3. The quantitative estimate of drug-likeness (QED) is 0.349. The summed E-state index contributed by atoms with van der Waals surface area (Å²) in [4.78, 5) is 36.1. The number of benzene rings is 3. The zero-order valence-corrected chi connectivity index (χ0v) is 16.8. The number of aromatic nitrogens is 1. The Labute approximate surface area is 182 Å². The summed E-state index contributed by atoms with van der Waals surface area (Å²) in [5.41, 5.74) is 2.72. The van der Waals surface area contributed by atoms with Crippen LogP contribution in [0.1, 0.15) is 0 Å². The number of oxazole rings is 1. The van der Waals surface area contributed by atoms with E-state index in [1.807, 2.05) is 30.3 Å². The van der Waals surface area contributed by atoms with Gasteiger partial charge in [0.05, 0.1) is 16.9 Å². The van der Waals surface area contributed by atoms with Gasteiger partial charge in [0.15, 0.2) is 12.2 Å². The molecule has 0 aliphatic carbocycles. The largest absolute Gasteiger partial charge is 0.454 e. The number of amides is 1. The van der Waals surface area contributed by atoms with Crippen molar-refractivity contribution in [2.45, 2.75) is 6.54 Å². The van der Waals surface area contributed by atoms with Crippen molar-refractivity contribution in [1.82, 2.24) is 4.57 Å². The molecule has 4 rings (SSSR count). The van der Waals surface area contributed by atoms with Crippen LogP contribution in [-0.2, 0) is 20.9 Å². The van der Waals surface area contributed by atoms with Crippen LogP contribution < -0.4 is 11.1 Å². The van der Waals surface area contributed by atoms with Gasteiger partial charge in [-0.2, -0.15) is 10.2 Å². The van der Waals surface area contributed by atoms with E-state index < -0.39 is 24.2 Å². The SMILES string of the molecule is O=C(COC(=O)Cn1c(=O)oc2ccccc21)Nc1ccc(N=Nc2ccccc2)cc1. The molecule has 9 heteroatoms. The summed E-state index contributed by atoms with van der Waals surface area (Å²) in [5, 5.41) is 10.9. The molecule has 32 heavy (non-hydrogen) atoms. The molecule has 1 N–H and O–H groups in total. The molecular formula is C23H18N4O5. The Hall–Kier alpha value is -4.53. The monoisotopic (exact) mass is 430 g/mol. The maximum Gasteiger partial charge on any atom is 0.420 e. The molecule has 0 bridgehead atoms. The zero-order valence-electron chi connectivity index (χ0n) is 16.8. The van der Waals surface area contributed by atoms with Gasteiger partial charge < -0.3 is 14.5 Å². The summed E-state index contributed by atoms with van der Waals surface area (Å²) in [6.07, 6.45) is 0. The van der Waals surface area contributed by atoms with Crippen molar-refractivity contribution < 1.29 is 18.7 Å². The van der Waals surface area contributed by atoms with E-state index in [1.54, 1.807) is 48.5 Å². The number of fused-ring (bicyclic) bond motifs is 1. The molecule has 0 unspecified atom stereocenters. The van der Waals surface area contributed by atoms with Crippen LogP contribution in [0.15, 0.2) is 98.3 Å². The van der Waals surface area contributed by atoms with Gasteiger partial charge in [-0.1, -0.05) is 30.3 Å². The van der Waals surface area contributed by atoms with Gasteiger partial charge in [-0.25, -0.2) is 4.79 Å². The number of ether oxygens (including phenoxy) is 1. The maximum absolute atomic E-state index is 12.1. The molecule has 160 valence electrons. The molecule has 1 amide bonds. The first-order valence-electron chi connectivity index (χ1n) is 9.69. The number of esters is 1. The smallest absolute Gasteiger partial charge is 0.420 e. The normalized spacial score (nSPS) is 11.0. The average molecular weight is 430 g/mol. The third-order valence-corrected chi connectivity index (χ3v) is 4.41. The van der Waals surface area contributed by atoms with E-state index in [2.05, 4.69) is 15.5 Å². The second-order valence-electron chi connectivity index (χ2n) is 6.71. The third-order valence-electron chi connectivity index (χ3n) is 4.41. The number of carbonyl (C=O) groups excluding carboxylic acids is 2. The molecule has 0 radical (unpaired) electrons. The fourth-order valence-corrected chi connectivity index (χ4v) is 2.90. The molecule has 0 aliphatic rings. The molecule has 1 aromatic heterocycles. The molecule has 0 spiro atoms. The minimum atomic E-state index is -0.731. The number of azo groups is 1. The first-order valence-corrected chi connectivity index (χ1v) is 9.69. The van der Waals surface area contributed by atoms with Crippen LogP contribution in [0.4, 0.5) is 17.1 Å². The number of rotatable bonds is 7. The predicted octanol–water partition coefficient (Wildman–Crippen LogP) is 4.19. The minimum absolute atomic E-state index is 0.357. The van der Waals surface area contributed by atoms with Crippen LogP contribution in [0.2, 0.25) is 0 Å². The van der Waals surface area contributed by atoms with E-state index in [9.17, 15) is 14.4 Å². The van der Waals surface area contributed by atoms with E-state index >= 15 is 0 Å². The van der Waals surface area contributed by atoms with Crippen molar-refractivity contribution in [3.05, 3.63) is 89.4 Å². The Bertz CT molecular complexity index is 1320. The van der Waals surface area contributed by atoms with Gasteiger partial charge >= 0.3 is 11.7 Å². The number of carbonyl (C=O) groups is 2. The van der Waals surface area contributed by atoms with E-state index in [1.165, 1.54) is 0 Å². The van der Waals surface area contributed by atoms with Crippen LogP contribution in [0.5, 0.6) is 0 Å². The lowest BCUT2D eigenvalue weighted by molar-refractivity contribution is -0.147. The zero-order chi connectivity index (χ0) is 22.3.